The van der Waals surface area contributed by atoms with Gasteiger partial charge in [-0.25, -0.2) is 0 Å². The molecule has 1 heterocycles. The number of methoxy groups -OCH3 is 1. The second kappa shape index (κ2) is 6.85. The Hall–Kier alpha value is -2.69. The minimum Gasteiger partial charge on any atom is -0.469 e. The van der Waals surface area contributed by atoms with Gasteiger partial charge in [-0.3, -0.25) is 14.4 Å². The van der Waals surface area contributed by atoms with Crippen LogP contribution in [0.2, 0.25) is 0 Å². The number of benzene rings is 1. The van der Waals surface area contributed by atoms with Gasteiger partial charge in [-0.1, -0.05) is 6.92 Å². The summed E-state index contributed by atoms with van der Waals surface area (Å²) in [6.07, 6.45) is 3.40. The fourth-order valence-electron chi connectivity index (χ4n) is 2.09. The molecule has 0 aliphatic rings. The Balaban J connectivity index is 2.14. The number of nitrogens with zero attached hydrogens (tertiary/aromatic N) is 1. The lowest BCUT2D eigenvalue weighted by Crippen LogP contribution is -2.16. The van der Waals surface area contributed by atoms with E-state index in [9.17, 15) is 14.4 Å². The maximum absolute atomic E-state index is 12.2. The van der Waals surface area contributed by atoms with Gasteiger partial charge in [-0.15, -0.1) is 0 Å². The maximum atomic E-state index is 12.2. The van der Waals surface area contributed by atoms with Crippen molar-refractivity contribution in [2.45, 2.75) is 13.3 Å². The molecule has 0 spiro atoms. The molecule has 2 rings (SSSR count). The first-order valence-electron chi connectivity index (χ1n) is 6.91. The number of esters is 1. The topological polar surface area (TPSA) is 65.4 Å². The van der Waals surface area contributed by atoms with E-state index in [4.69, 9.17) is 0 Å². The van der Waals surface area contributed by atoms with Gasteiger partial charge in [-0.05, 0) is 24.3 Å². The van der Waals surface area contributed by atoms with Crippen molar-refractivity contribution in [1.29, 1.82) is 0 Å². The van der Waals surface area contributed by atoms with Crippen LogP contribution in [0.5, 0.6) is 0 Å². The molecular weight excluding hydrogens is 282 g/mol. The summed E-state index contributed by atoms with van der Waals surface area (Å²) in [7, 11) is 1.30. The highest BCUT2D eigenvalue weighted by Gasteiger charge is 2.18. The first-order valence-corrected chi connectivity index (χ1v) is 6.91. The minimum atomic E-state index is -0.425. The van der Waals surface area contributed by atoms with Gasteiger partial charge in [0.25, 0.3) is 0 Å². The third-order valence-corrected chi connectivity index (χ3v) is 3.40. The number of hydrogen-bond acceptors (Lipinski definition) is 4. The Bertz CT molecular complexity index is 711. The molecule has 2 aromatic rings. The monoisotopic (exact) mass is 299 g/mol. The van der Waals surface area contributed by atoms with E-state index in [0.717, 1.165) is 5.69 Å². The lowest BCUT2D eigenvalue weighted by molar-refractivity contribution is -0.141. The molecule has 1 unspecified atom stereocenters. The van der Waals surface area contributed by atoms with E-state index in [-0.39, 0.29) is 17.6 Å². The highest BCUT2D eigenvalue weighted by Crippen LogP contribution is 2.15. The van der Waals surface area contributed by atoms with E-state index in [1.54, 1.807) is 48.1 Å². The van der Waals surface area contributed by atoms with Crippen LogP contribution < -0.4 is 5.43 Å². The molecule has 22 heavy (non-hydrogen) atoms. The van der Waals surface area contributed by atoms with Crippen molar-refractivity contribution >= 4 is 11.8 Å². The van der Waals surface area contributed by atoms with Crippen LogP contribution >= 0.6 is 0 Å². The molecule has 1 atom stereocenters. The molecule has 1 aromatic heterocycles. The van der Waals surface area contributed by atoms with Crippen LogP contribution in [0.4, 0.5) is 0 Å². The van der Waals surface area contributed by atoms with Crippen molar-refractivity contribution in [3.05, 3.63) is 64.6 Å². The van der Waals surface area contributed by atoms with Crippen molar-refractivity contribution in [3.8, 4) is 5.69 Å². The van der Waals surface area contributed by atoms with E-state index in [1.807, 2.05) is 0 Å². The number of pyridine rings is 1. The lowest BCUT2D eigenvalue weighted by atomic mass is 9.96. The number of hydrogen-bond donors (Lipinski definition) is 0. The molecule has 0 radical (unpaired) electrons. The number of ketones is 1. The van der Waals surface area contributed by atoms with Crippen LogP contribution in [-0.2, 0) is 9.53 Å². The van der Waals surface area contributed by atoms with Crippen LogP contribution in [0.1, 0.15) is 23.7 Å². The summed E-state index contributed by atoms with van der Waals surface area (Å²) in [5.41, 5.74) is 1.33. The molecule has 0 aliphatic heterocycles. The zero-order chi connectivity index (χ0) is 16.1. The van der Waals surface area contributed by atoms with Gasteiger partial charge in [0, 0.05) is 41.7 Å². The number of Topliss-reactive ketones (excluding diaryl/α,β-unsaturated/α-hetero) is 1. The van der Waals surface area contributed by atoms with Crippen molar-refractivity contribution in [2.75, 3.05) is 7.11 Å². The molecule has 0 amide bonds. The van der Waals surface area contributed by atoms with Crippen LogP contribution in [0.25, 0.3) is 5.69 Å². The average Bonchev–Trinajstić information content (AvgIpc) is 2.55. The summed E-state index contributed by atoms with van der Waals surface area (Å²) < 4.78 is 6.36. The largest absolute Gasteiger partial charge is 0.469 e. The molecular formula is C17H17NO4. The van der Waals surface area contributed by atoms with Crippen LogP contribution in [0, 0.1) is 5.92 Å². The number of aromatic nitrogens is 1. The second-order valence-electron chi connectivity index (χ2n) is 5.03. The first-order chi connectivity index (χ1) is 10.5. The molecule has 1 aromatic carbocycles. The number of carbonyl (C=O) groups excluding carboxylic acids is 2. The SMILES string of the molecule is COC(=O)CC(C)C(=O)c1ccc(-n2ccc(=O)cc2)cc1. The van der Waals surface area contributed by atoms with Gasteiger partial charge in [0.2, 0.25) is 0 Å². The van der Waals surface area contributed by atoms with Crippen LogP contribution in [-0.4, -0.2) is 23.4 Å². The Morgan fingerprint density at radius 3 is 2.23 bits per heavy atom. The normalized spacial score (nSPS) is 11.7. The highest BCUT2D eigenvalue weighted by atomic mass is 16.5. The summed E-state index contributed by atoms with van der Waals surface area (Å²) in [5, 5.41) is 0. The summed E-state index contributed by atoms with van der Waals surface area (Å²) >= 11 is 0. The number of carbonyl (C=O) groups is 2. The molecule has 0 saturated heterocycles. The quantitative estimate of drug-likeness (QED) is 0.627. The molecule has 114 valence electrons. The molecule has 0 aliphatic carbocycles. The average molecular weight is 299 g/mol. The molecule has 0 saturated carbocycles. The van der Waals surface area contributed by atoms with Gasteiger partial charge < -0.3 is 9.30 Å². The van der Waals surface area contributed by atoms with Gasteiger partial charge in [-0.2, -0.15) is 0 Å². The van der Waals surface area contributed by atoms with Crippen LogP contribution in [0.15, 0.2) is 53.6 Å². The standard InChI is InChI=1S/C17H17NO4/c1-12(11-16(20)22-2)17(21)13-3-5-14(6-4-13)18-9-7-15(19)8-10-18/h3-10,12H,11H2,1-2H3. The number of rotatable bonds is 5. The fourth-order valence-corrected chi connectivity index (χ4v) is 2.09. The van der Waals surface area contributed by atoms with Gasteiger partial charge in [0.15, 0.2) is 11.2 Å². The third kappa shape index (κ3) is 3.69. The van der Waals surface area contributed by atoms with E-state index in [2.05, 4.69) is 4.74 Å². The van der Waals surface area contributed by atoms with Crippen molar-refractivity contribution in [2.24, 2.45) is 5.92 Å². The Labute approximate surface area is 128 Å². The molecule has 5 nitrogen and oxygen atoms in total. The Morgan fingerprint density at radius 1 is 1.09 bits per heavy atom. The van der Waals surface area contributed by atoms with Crippen LogP contribution in [0.3, 0.4) is 0 Å². The van der Waals surface area contributed by atoms with Gasteiger partial charge in [0.1, 0.15) is 0 Å². The van der Waals surface area contributed by atoms with E-state index < -0.39 is 11.9 Å². The van der Waals surface area contributed by atoms with Crippen molar-refractivity contribution < 1.29 is 14.3 Å². The van der Waals surface area contributed by atoms with Crippen molar-refractivity contribution in [3.63, 3.8) is 0 Å². The zero-order valence-corrected chi connectivity index (χ0v) is 12.5. The van der Waals surface area contributed by atoms with E-state index in [1.165, 1.54) is 19.2 Å². The third-order valence-electron chi connectivity index (χ3n) is 3.40. The lowest BCUT2D eigenvalue weighted by Gasteiger charge is -2.10. The number of ether oxygens (including phenoxy) is 1. The van der Waals surface area contributed by atoms with Crippen molar-refractivity contribution in [1.82, 2.24) is 4.57 Å². The highest BCUT2D eigenvalue weighted by molar-refractivity contribution is 5.99. The molecule has 0 bridgehead atoms. The predicted molar refractivity (Wildman–Crippen MR) is 82.2 cm³/mol. The maximum Gasteiger partial charge on any atom is 0.306 e. The molecule has 0 N–H and O–H groups in total. The summed E-state index contributed by atoms with van der Waals surface area (Å²) in [6, 6.07) is 9.95. The van der Waals surface area contributed by atoms with E-state index in [0.29, 0.717) is 5.56 Å². The summed E-state index contributed by atoms with van der Waals surface area (Å²) in [6.45, 7) is 1.70. The summed E-state index contributed by atoms with van der Waals surface area (Å²) in [4.78, 5) is 34.5. The molecule has 5 heteroatoms. The predicted octanol–water partition coefficient (Wildman–Crippen LogP) is 2.22. The zero-order valence-electron chi connectivity index (χ0n) is 12.5. The minimum absolute atomic E-state index is 0.0558. The fraction of sp³-hybridized carbons (Fsp3) is 0.235. The smallest absolute Gasteiger partial charge is 0.306 e. The van der Waals surface area contributed by atoms with Gasteiger partial charge in [0.05, 0.1) is 13.5 Å². The second-order valence-corrected chi connectivity index (χ2v) is 5.03. The first kappa shape index (κ1) is 15.7. The Morgan fingerprint density at radius 2 is 1.68 bits per heavy atom. The molecule has 0 fully saturated rings. The van der Waals surface area contributed by atoms with Gasteiger partial charge >= 0.3 is 5.97 Å². The van der Waals surface area contributed by atoms with E-state index >= 15 is 0 Å². The Kier molecular flexibility index (Phi) is 4.88. The summed E-state index contributed by atoms with van der Waals surface area (Å²) in [5.74, 6) is -0.923.